The van der Waals surface area contributed by atoms with Crippen molar-refractivity contribution in [2.75, 3.05) is 25.0 Å². The van der Waals surface area contributed by atoms with Crippen molar-refractivity contribution in [1.82, 2.24) is 14.7 Å². The number of halogens is 1. The molecule has 0 bridgehead atoms. The Kier molecular flexibility index (Phi) is 6.53. The van der Waals surface area contributed by atoms with Gasteiger partial charge in [0.25, 0.3) is 0 Å². The lowest BCUT2D eigenvalue weighted by molar-refractivity contribution is -0.149. The number of aryl methyl sites for hydroxylation is 1. The number of hydrogen-bond acceptors (Lipinski definition) is 4. The number of aromatic nitrogens is 2. The molecule has 2 aliphatic rings. The molecule has 2 atom stereocenters. The first-order valence-corrected chi connectivity index (χ1v) is 10.3. The number of rotatable bonds is 6. The van der Waals surface area contributed by atoms with E-state index in [-0.39, 0.29) is 24.2 Å². The normalized spacial score (nSPS) is 23.1. The van der Waals surface area contributed by atoms with Gasteiger partial charge < -0.3 is 15.3 Å². The lowest BCUT2D eigenvalue weighted by Crippen LogP contribution is -2.36. The van der Waals surface area contributed by atoms with Crippen LogP contribution in [0.3, 0.4) is 0 Å². The Balaban J connectivity index is 0.00000256. The number of hydrogen-bond donors (Lipinski definition) is 2. The van der Waals surface area contributed by atoms with E-state index in [1.165, 1.54) is 0 Å². The maximum absolute atomic E-state index is 12.6. The van der Waals surface area contributed by atoms with Crippen LogP contribution in [0.5, 0.6) is 0 Å². The van der Waals surface area contributed by atoms with Crippen LogP contribution in [0, 0.1) is 25.2 Å². The Hall–Kier alpha value is -2.38. The summed E-state index contributed by atoms with van der Waals surface area (Å²) in [7, 11) is 0. The smallest absolute Gasteiger partial charge is 0.311 e. The van der Waals surface area contributed by atoms with Gasteiger partial charge in [-0.3, -0.25) is 9.59 Å². The second-order valence-electron chi connectivity index (χ2n) is 8.38. The summed E-state index contributed by atoms with van der Waals surface area (Å²) in [6, 6.07) is 9.83. The van der Waals surface area contributed by atoms with Crippen molar-refractivity contribution < 1.29 is 14.7 Å². The van der Waals surface area contributed by atoms with Crippen molar-refractivity contribution in [3.8, 4) is 5.69 Å². The van der Waals surface area contributed by atoms with Crippen LogP contribution in [0.25, 0.3) is 5.69 Å². The van der Waals surface area contributed by atoms with E-state index in [1.54, 1.807) is 0 Å². The van der Waals surface area contributed by atoms with Gasteiger partial charge in [-0.25, -0.2) is 4.68 Å². The van der Waals surface area contributed by atoms with Crippen LogP contribution in [-0.2, 0) is 9.59 Å². The fourth-order valence-electron chi connectivity index (χ4n) is 5.02. The average Bonchev–Trinajstić information content (AvgIpc) is 3.34. The Labute approximate surface area is 182 Å². The minimum absolute atomic E-state index is 0. The molecule has 1 aromatic carbocycles. The minimum atomic E-state index is -0.675. The van der Waals surface area contributed by atoms with E-state index in [4.69, 9.17) is 0 Å². The number of para-hydroxylation sites is 1. The quantitative estimate of drug-likeness (QED) is 0.730. The monoisotopic (exact) mass is 432 g/mol. The molecule has 4 rings (SSSR count). The summed E-state index contributed by atoms with van der Waals surface area (Å²) in [6.07, 6.45) is 3.08. The Bertz CT molecular complexity index is 930. The highest BCUT2D eigenvalue weighted by Crippen LogP contribution is 2.48. The highest BCUT2D eigenvalue weighted by atomic mass is 35.5. The SMILES string of the molecule is Cc1nn(-c2ccccc2)c(C)c1NC(=O)CCN1C[C@@H]2CCC[C@@]2(C(=O)O)C1.Cl. The van der Waals surface area contributed by atoms with E-state index in [0.717, 1.165) is 48.6 Å². The van der Waals surface area contributed by atoms with Gasteiger partial charge in [0, 0.05) is 26.1 Å². The molecule has 162 valence electrons. The van der Waals surface area contributed by atoms with Crippen molar-refractivity contribution in [1.29, 1.82) is 0 Å². The number of carboxylic acids is 1. The second-order valence-corrected chi connectivity index (χ2v) is 8.38. The lowest BCUT2D eigenvalue weighted by Gasteiger charge is -2.23. The van der Waals surface area contributed by atoms with Gasteiger partial charge in [0.2, 0.25) is 5.91 Å². The third kappa shape index (κ3) is 3.96. The molecule has 30 heavy (non-hydrogen) atoms. The van der Waals surface area contributed by atoms with Gasteiger partial charge >= 0.3 is 5.97 Å². The van der Waals surface area contributed by atoms with Crippen molar-refractivity contribution in [2.24, 2.45) is 11.3 Å². The third-order valence-corrected chi connectivity index (χ3v) is 6.58. The Morgan fingerprint density at radius 2 is 2.00 bits per heavy atom. The molecule has 2 N–H and O–H groups in total. The van der Waals surface area contributed by atoms with Crippen molar-refractivity contribution in [3.05, 3.63) is 41.7 Å². The fraction of sp³-hybridized carbons (Fsp3) is 0.500. The molecule has 0 unspecified atom stereocenters. The molecule has 1 aromatic heterocycles. The lowest BCUT2D eigenvalue weighted by atomic mass is 9.81. The number of carbonyl (C=O) groups is 2. The number of benzene rings is 1. The molecule has 2 heterocycles. The summed E-state index contributed by atoms with van der Waals surface area (Å²) in [4.78, 5) is 26.5. The third-order valence-electron chi connectivity index (χ3n) is 6.58. The van der Waals surface area contributed by atoms with E-state index < -0.39 is 11.4 Å². The Morgan fingerprint density at radius 1 is 1.27 bits per heavy atom. The molecule has 1 amide bonds. The molecule has 0 radical (unpaired) electrons. The van der Waals surface area contributed by atoms with E-state index in [2.05, 4.69) is 15.3 Å². The number of carboxylic acid groups (broad SMARTS) is 1. The molecule has 1 saturated heterocycles. The van der Waals surface area contributed by atoms with E-state index in [1.807, 2.05) is 48.9 Å². The molecule has 1 saturated carbocycles. The van der Waals surface area contributed by atoms with Crippen molar-refractivity contribution in [3.63, 3.8) is 0 Å². The summed E-state index contributed by atoms with van der Waals surface area (Å²) < 4.78 is 1.84. The number of carbonyl (C=O) groups excluding carboxylic acids is 1. The summed E-state index contributed by atoms with van der Waals surface area (Å²) in [5, 5.41) is 17.3. The predicted molar refractivity (Wildman–Crippen MR) is 117 cm³/mol. The van der Waals surface area contributed by atoms with Gasteiger partial charge in [0.05, 0.1) is 28.2 Å². The maximum atomic E-state index is 12.6. The van der Waals surface area contributed by atoms with Gasteiger partial charge in [-0.05, 0) is 44.7 Å². The number of amides is 1. The maximum Gasteiger partial charge on any atom is 0.311 e. The van der Waals surface area contributed by atoms with Crippen LogP contribution in [0.15, 0.2) is 30.3 Å². The van der Waals surface area contributed by atoms with Gasteiger partial charge in [-0.2, -0.15) is 5.10 Å². The largest absolute Gasteiger partial charge is 0.481 e. The average molecular weight is 433 g/mol. The number of fused-ring (bicyclic) bond motifs is 1. The molecule has 2 aromatic rings. The van der Waals surface area contributed by atoms with Gasteiger partial charge in [0.15, 0.2) is 0 Å². The molecule has 8 heteroatoms. The zero-order valence-electron chi connectivity index (χ0n) is 17.4. The molecule has 1 aliphatic carbocycles. The van der Waals surface area contributed by atoms with Crippen LogP contribution in [0.2, 0.25) is 0 Å². The van der Waals surface area contributed by atoms with Crippen molar-refractivity contribution >= 4 is 30.0 Å². The predicted octanol–water partition coefficient (Wildman–Crippen LogP) is 3.43. The number of likely N-dealkylation sites (tertiary alicyclic amines) is 1. The first kappa shape index (κ1) is 22.3. The van der Waals surface area contributed by atoms with Crippen LogP contribution < -0.4 is 5.32 Å². The first-order valence-electron chi connectivity index (χ1n) is 10.3. The summed E-state index contributed by atoms with van der Waals surface area (Å²) in [5.74, 6) is -0.520. The zero-order valence-corrected chi connectivity index (χ0v) is 18.2. The summed E-state index contributed by atoms with van der Waals surface area (Å²) >= 11 is 0. The molecule has 2 fully saturated rings. The van der Waals surface area contributed by atoms with Crippen LogP contribution in [0.4, 0.5) is 5.69 Å². The number of nitrogens with one attached hydrogen (secondary N) is 1. The molecule has 1 aliphatic heterocycles. The second kappa shape index (κ2) is 8.78. The van der Waals surface area contributed by atoms with Crippen molar-refractivity contribution in [2.45, 2.75) is 39.5 Å². The van der Waals surface area contributed by atoms with E-state index in [0.29, 0.717) is 19.5 Å². The molecular weight excluding hydrogens is 404 g/mol. The van der Waals surface area contributed by atoms with E-state index in [9.17, 15) is 14.7 Å². The van der Waals surface area contributed by atoms with Crippen LogP contribution >= 0.6 is 12.4 Å². The zero-order chi connectivity index (χ0) is 20.6. The highest BCUT2D eigenvalue weighted by molar-refractivity contribution is 5.92. The standard InChI is InChI=1S/C22H28N4O3.ClH/c1-15-20(16(2)26(24-15)18-8-4-3-5-9-18)23-19(27)10-12-25-13-17-7-6-11-22(17,14-25)21(28)29;/h3-5,8-9,17H,6-7,10-14H2,1-2H3,(H,23,27)(H,28,29);1H/t17-,22+;/m0./s1. The van der Waals surface area contributed by atoms with Gasteiger partial charge in [-0.15, -0.1) is 12.4 Å². The summed E-state index contributed by atoms with van der Waals surface area (Å²) in [5.41, 5.74) is 2.78. The number of nitrogens with zero attached hydrogens (tertiary/aromatic N) is 3. The number of anilines is 1. The van der Waals surface area contributed by atoms with E-state index >= 15 is 0 Å². The van der Waals surface area contributed by atoms with Crippen LogP contribution in [-0.4, -0.2) is 51.3 Å². The summed E-state index contributed by atoms with van der Waals surface area (Å²) in [6.45, 7) is 5.76. The fourth-order valence-corrected chi connectivity index (χ4v) is 5.02. The molecule has 0 spiro atoms. The highest BCUT2D eigenvalue weighted by Gasteiger charge is 2.54. The topological polar surface area (TPSA) is 87.5 Å². The van der Waals surface area contributed by atoms with Crippen LogP contribution in [0.1, 0.15) is 37.1 Å². The number of aliphatic carboxylic acids is 1. The minimum Gasteiger partial charge on any atom is -0.481 e. The first-order chi connectivity index (χ1) is 13.9. The molecule has 7 nitrogen and oxygen atoms in total. The Morgan fingerprint density at radius 3 is 2.67 bits per heavy atom. The molecular formula is C22H29ClN4O3. The van der Waals surface area contributed by atoms with Gasteiger partial charge in [0.1, 0.15) is 0 Å². The van der Waals surface area contributed by atoms with Gasteiger partial charge in [-0.1, -0.05) is 24.6 Å².